The second kappa shape index (κ2) is 18.2. The van der Waals surface area contributed by atoms with Crippen LogP contribution in [0.3, 0.4) is 0 Å². The number of carbonyl (C=O) groups is 1. The van der Waals surface area contributed by atoms with E-state index >= 15 is 0 Å². The van der Waals surface area contributed by atoms with Gasteiger partial charge in [-0.25, -0.2) is 17.8 Å². The zero-order valence-electron chi connectivity index (χ0n) is 33.4. The van der Waals surface area contributed by atoms with Crippen LogP contribution in [0.5, 0.6) is 0 Å². The van der Waals surface area contributed by atoms with Crippen molar-refractivity contribution in [2.75, 3.05) is 11.4 Å². The van der Waals surface area contributed by atoms with Crippen molar-refractivity contribution < 1.29 is 13.6 Å². The van der Waals surface area contributed by atoms with Gasteiger partial charge >= 0.3 is 0 Å². The Morgan fingerprint density at radius 3 is 1.76 bits per heavy atom. The molecule has 62 heavy (non-hydrogen) atoms. The van der Waals surface area contributed by atoms with E-state index < -0.39 is 5.82 Å². The predicted octanol–water partition coefficient (Wildman–Crippen LogP) is 8.47. The first-order valence-corrected chi connectivity index (χ1v) is 21.4. The molecule has 1 atom stereocenters. The molecule has 9 rings (SSSR count). The van der Waals surface area contributed by atoms with Crippen LogP contribution in [0.15, 0.2) is 136 Å². The summed E-state index contributed by atoms with van der Waals surface area (Å²) in [5.74, 6) is -0.516. The number of benzene rings is 4. The molecule has 1 aliphatic rings. The molecule has 11 nitrogen and oxygen atoms in total. The van der Waals surface area contributed by atoms with Crippen LogP contribution in [-0.2, 0) is 31.7 Å². The summed E-state index contributed by atoms with van der Waals surface area (Å²) < 4.78 is 34.3. The maximum absolute atomic E-state index is 14.2. The van der Waals surface area contributed by atoms with Gasteiger partial charge in [-0.3, -0.25) is 24.3 Å². The molecule has 0 radical (unpaired) electrons. The molecule has 4 aromatic heterocycles. The molecule has 1 aliphatic heterocycles. The Bertz CT molecular complexity index is 3090. The molecule has 16 heteroatoms. The third-order valence-corrected chi connectivity index (χ3v) is 12.3. The fourth-order valence-electron chi connectivity index (χ4n) is 7.56. The van der Waals surface area contributed by atoms with Gasteiger partial charge in [0.2, 0.25) is 5.91 Å². The average molecular weight is 986 g/mol. The molecule has 0 bridgehead atoms. The van der Waals surface area contributed by atoms with Gasteiger partial charge in [-0.2, -0.15) is 5.10 Å². The van der Waals surface area contributed by atoms with Crippen molar-refractivity contribution in [2.24, 2.45) is 19.1 Å². The van der Waals surface area contributed by atoms with E-state index in [9.17, 15) is 23.2 Å². The van der Waals surface area contributed by atoms with Gasteiger partial charge in [0.25, 0.3) is 11.1 Å². The number of aliphatic imine (C=N–C) groups is 1. The van der Waals surface area contributed by atoms with Crippen LogP contribution in [0.2, 0.25) is 10.0 Å². The lowest BCUT2D eigenvalue weighted by Crippen LogP contribution is -2.36. The highest BCUT2D eigenvalue weighted by Crippen LogP contribution is 2.34. The first kappa shape index (κ1) is 42.7. The minimum Gasteiger partial charge on any atom is -0.315 e. The highest BCUT2D eigenvalue weighted by Gasteiger charge is 2.36. The van der Waals surface area contributed by atoms with E-state index in [0.29, 0.717) is 73.1 Å². The molecule has 4 aromatic carbocycles. The Labute approximate surface area is 377 Å². The number of rotatable bonds is 9. The summed E-state index contributed by atoms with van der Waals surface area (Å²) in [5.41, 5.74) is 5.60. The maximum Gasteiger partial charge on any atom is 0.276 e. The summed E-state index contributed by atoms with van der Waals surface area (Å²) in [6.07, 6.45) is 8.07. The van der Waals surface area contributed by atoms with Gasteiger partial charge in [-0.1, -0.05) is 83.9 Å². The van der Waals surface area contributed by atoms with Crippen LogP contribution in [0.1, 0.15) is 46.2 Å². The molecule has 8 aromatic rings. The summed E-state index contributed by atoms with van der Waals surface area (Å²) in [5, 5.41) is 9.87. The van der Waals surface area contributed by atoms with Crippen molar-refractivity contribution in [1.82, 2.24) is 28.4 Å². The molecule has 314 valence electrons. The third-order valence-electron chi connectivity index (χ3n) is 10.7. The monoisotopic (exact) mass is 984 g/mol. The van der Waals surface area contributed by atoms with Crippen molar-refractivity contribution in [2.45, 2.75) is 31.7 Å². The van der Waals surface area contributed by atoms with Crippen molar-refractivity contribution in [3.63, 3.8) is 0 Å². The van der Waals surface area contributed by atoms with E-state index in [1.54, 1.807) is 48.3 Å². The number of nitrogens with zero attached hydrogens (tertiary/aromatic N) is 8. The Kier molecular flexibility index (Phi) is 12.5. The normalized spacial score (nSPS) is 13.8. The van der Waals surface area contributed by atoms with E-state index in [-0.39, 0.29) is 35.3 Å². The number of halogens is 5. The number of aryl methyl sites for hydroxylation is 2. The minimum absolute atomic E-state index is 0.0991. The van der Waals surface area contributed by atoms with E-state index in [4.69, 9.17) is 33.3 Å². The van der Waals surface area contributed by atoms with Gasteiger partial charge in [-0.15, -0.1) is 5.10 Å². The number of fused-ring (bicyclic) bond motifs is 2. The zero-order chi connectivity index (χ0) is 43.7. The predicted molar refractivity (Wildman–Crippen MR) is 246 cm³/mol. The number of amides is 1. The fourth-order valence-corrected chi connectivity index (χ4v) is 8.61. The Morgan fingerprint density at radius 2 is 1.21 bits per heavy atom. The number of carbonyl (C=O) groups excluding carboxylic acids is 1. The molecule has 1 unspecified atom stereocenters. The lowest BCUT2D eigenvalue weighted by Gasteiger charge is -2.23. The first-order chi connectivity index (χ1) is 29.9. The van der Waals surface area contributed by atoms with E-state index in [0.717, 1.165) is 22.4 Å². The molecule has 0 spiro atoms. The first-order valence-electron chi connectivity index (χ1n) is 19.5. The standard InChI is InChI=1S/C32H27ClFN5O2.C14H10ClFIN3O/c1-37-16-17-38-30(32(37)41)26(19-23-18-24(34)12-14-27(23)33)31(36-38)39-25(13-15-28(39)40)20-35-29(21-8-4-2-5-9-21)22-10-6-3-7-11-22;1-19-4-5-20-12(14(19)21)10(13(17)18-20)7-8-6-9(16)2-3-11(8)15/h2-12,14,16-18,25H,13,15,19-20H2,1H3;2-6H,7H2,1H3. The average Bonchev–Trinajstić information content (AvgIpc) is 3.93. The second-order valence-electron chi connectivity index (χ2n) is 14.8. The minimum atomic E-state index is -0.436. The number of hydrogen-bond donors (Lipinski definition) is 0. The highest BCUT2D eigenvalue weighted by atomic mass is 127. The number of aromatic nitrogens is 6. The molecule has 5 heterocycles. The van der Waals surface area contributed by atoms with Gasteiger partial charge < -0.3 is 9.13 Å². The second-order valence-corrected chi connectivity index (χ2v) is 16.6. The Balaban J connectivity index is 0.000000211. The van der Waals surface area contributed by atoms with E-state index in [1.807, 2.05) is 60.7 Å². The van der Waals surface area contributed by atoms with E-state index in [1.165, 1.54) is 50.0 Å². The lowest BCUT2D eigenvalue weighted by molar-refractivity contribution is -0.117. The van der Waals surface area contributed by atoms with Crippen molar-refractivity contribution >= 4 is 74.3 Å². The number of anilines is 1. The highest BCUT2D eigenvalue weighted by molar-refractivity contribution is 14.1. The SMILES string of the molecule is Cn1ccn2nc(I)c(Cc3cc(F)ccc3Cl)c2c1=O.Cn1ccn2nc(N3C(=O)CCC3CN=C(c3ccccc3)c3ccccc3)c(Cc3cc(F)ccc3Cl)c2c1=O. The van der Waals surface area contributed by atoms with Crippen LogP contribution in [0, 0.1) is 15.3 Å². The van der Waals surface area contributed by atoms with E-state index in [2.05, 4.69) is 27.7 Å². The van der Waals surface area contributed by atoms with Crippen molar-refractivity contribution in [3.05, 3.63) is 201 Å². The van der Waals surface area contributed by atoms with Crippen molar-refractivity contribution in [1.29, 1.82) is 0 Å². The molecule has 0 N–H and O–H groups in total. The van der Waals surface area contributed by atoms with Gasteiger partial charge in [0.1, 0.15) is 26.4 Å². The number of hydrogen-bond acceptors (Lipinski definition) is 6. The third kappa shape index (κ3) is 8.72. The molecule has 1 saturated heterocycles. The van der Waals surface area contributed by atoms with Gasteiger partial charge in [0, 0.05) is 90.4 Å². The van der Waals surface area contributed by atoms with Gasteiger partial charge in [-0.05, 0) is 76.5 Å². The van der Waals surface area contributed by atoms with Gasteiger partial charge in [0.05, 0.1) is 18.3 Å². The summed E-state index contributed by atoms with van der Waals surface area (Å²) in [6.45, 7) is 0.344. The molecule has 1 fully saturated rings. The summed E-state index contributed by atoms with van der Waals surface area (Å²) in [4.78, 5) is 45.7. The zero-order valence-corrected chi connectivity index (χ0v) is 37.0. The summed E-state index contributed by atoms with van der Waals surface area (Å²) >= 11 is 14.6. The van der Waals surface area contributed by atoms with Gasteiger partial charge in [0.15, 0.2) is 5.82 Å². The van der Waals surface area contributed by atoms with Crippen LogP contribution in [0.25, 0.3) is 11.0 Å². The lowest BCUT2D eigenvalue weighted by atomic mass is 10.0. The fraction of sp³-hybridized carbons (Fsp3) is 0.174. The molecule has 0 aliphatic carbocycles. The smallest absolute Gasteiger partial charge is 0.276 e. The van der Waals surface area contributed by atoms with Crippen LogP contribution >= 0.6 is 45.8 Å². The Hall–Kier alpha value is -5.97. The Morgan fingerprint density at radius 1 is 0.710 bits per heavy atom. The molecular weight excluding hydrogens is 948 g/mol. The topological polar surface area (TPSA) is 111 Å². The van der Waals surface area contributed by atoms with Crippen molar-refractivity contribution in [3.8, 4) is 0 Å². The maximum atomic E-state index is 14.2. The molecular formula is C46H37Cl2F2IN8O3. The quantitative estimate of drug-likeness (QED) is 0.107. The summed E-state index contributed by atoms with van der Waals surface area (Å²) in [6, 6.07) is 27.9. The van der Waals surface area contributed by atoms with Crippen LogP contribution < -0.4 is 16.0 Å². The molecule has 0 saturated carbocycles. The van der Waals surface area contributed by atoms with Crippen LogP contribution in [-0.4, -0.2) is 52.6 Å². The molecule has 1 amide bonds. The summed E-state index contributed by atoms with van der Waals surface area (Å²) in [7, 11) is 3.34. The largest absolute Gasteiger partial charge is 0.315 e. The van der Waals surface area contributed by atoms with Crippen LogP contribution in [0.4, 0.5) is 14.6 Å².